The van der Waals surface area contributed by atoms with Crippen molar-refractivity contribution in [3.8, 4) is 0 Å². The molecule has 1 N–H and O–H groups in total. The first-order valence-electron chi connectivity index (χ1n) is 6.37. The molecule has 0 aliphatic rings. The van der Waals surface area contributed by atoms with Crippen LogP contribution in [0, 0.1) is 0 Å². The second-order valence-electron chi connectivity index (χ2n) is 4.49. The van der Waals surface area contributed by atoms with Gasteiger partial charge in [0, 0.05) is 7.05 Å². The molecule has 0 unspecified atom stereocenters. The quantitative estimate of drug-likeness (QED) is 0.922. The first-order valence-corrected chi connectivity index (χ1v) is 6.75. The molecule has 0 saturated carbocycles. The van der Waals surface area contributed by atoms with E-state index in [2.05, 4.69) is 5.32 Å². The fourth-order valence-corrected chi connectivity index (χ4v) is 1.98. The lowest BCUT2D eigenvalue weighted by Crippen LogP contribution is -2.37. The molecule has 0 radical (unpaired) electrons. The van der Waals surface area contributed by atoms with Crippen LogP contribution in [0.3, 0.4) is 0 Å². The second kappa shape index (κ2) is 6.95. The Morgan fingerprint density at radius 3 is 2.67 bits per heavy atom. The van der Waals surface area contributed by atoms with Gasteiger partial charge in [-0.15, -0.1) is 0 Å². The number of furan rings is 1. The predicted octanol–water partition coefficient (Wildman–Crippen LogP) is 2.32. The summed E-state index contributed by atoms with van der Waals surface area (Å²) in [5.74, 6) is 0.0930. The van der Waals surface area contributed by atoms with Crippen LogP contribution in [0.5, 0.6) is 0 Å². The van der Waals surface area contributed by atoms with Crippen LogP contribution in [-0.4, -0.2) is 30.3 Å². The van der Waals surface area contributed by atoms with E-state index in [4.69, 9.17) is 16.0 Å². The predicted molar refractivity (Wildman–Crippen MR) is 79.0 cm³/mol. The van der Waals surface area contributed by atoms with Gasteiger partial charge in [-0.25, -0.2) is 0 Å². The number of likely N-dealkylation sites (N-methyl/N-ethyl adjacent to an activating group) is 1. The third-order valence-electron chi connectivity index (χ3n) is 2.92. The van der Waals surface area contributed by atoms with Crippen molar-refractivity contribution >= 4 is 23.4 Å². The lowest BCUT2D eigenvalue weighted by Gasteiger charge is -2.16. The Kier molecular flexibility index (Phi) is 5.00. The number of amides is 2. The summed E-state index contributed by atoms with van der Waals surface area (Å²) < 4.78 is 5.17. The summed E-state index contributed by atoms with van der Waals surface area (Å²) in [6.07, 6.45) is 1.55. The van der Waals surface area contributed by atoms with Crippen LogP contribution >= 0.6 is 11.6 Å². The summed E-state index contributed by atoms with van der Waals surface area (Å²) in [5, 5.41) is 2.91. The summed E-state index contributed by atoms with van der Waals surface area (Å²) in [5.41, 5.74) is 0.348. The fraction of sp³-hybridized carbons (Fsp3) is 0.200. The molecule has 21 heavy (non-hydrogen) atoms. The number of hydrogen-bond donors (Lipinski definition) is 1. The number of nitrogens with one attached hydrogen (secondary N) is 1. The van der Waals surface area contributed by atoms with Gasteiger partial charge in [0.05, 0.1) is 29.9 Å². The average Bonchev–Trinajstić information content (AvgIpc) is 2.97. The SMILES string of the molecule is CN(Cc1ccco1)C(=O)CNC(=O)c1ccccc1Cl. The Bertz CT molecular complexity index is 626. The van der Waals surface area contributed by atoms with E-state index in [0.29, 0.717) is 22.9 Å². The van der Waals surface area contributed by atoms with E-state index in [0.717, 1.165) is 0 Å². The van der Waals surface area contributed by atoms with Gasteiger partial charge in [0.2, 0.25) is 5.91 Å². The average molecular weight is 307 g/mol. The highest BCUT2D eigenvalue weighted by Crippen LogP contribution is 2.14. The first-order chi connectivity index (χ1) is 10.1. The van der Waals surface area contributed by atoms with Crippen LogP contribution in [0.15, 0.2) is 47.1 Å². The van der Waals surface area contributed by atoms with Crippen molar-refractivity contribution in [2.45, 2.75) is 6.54 Å². The maximum absolute atomic E-state index is 11.9. The van der Waals surface area contributed by atoms with Crippen LogP contribution in [-0.2, 0) is 11.3 Å². The summed E-state index contributed by atoms with van der Waals surface area (Å²) in [7, 11) is 1.65. The Morgan fingerprint density at radius 1 is 1.24 bits per heavy atom. The zero-order chi connectivity index (χ0) is 15.2. The molecule has 1 aromatic heterocycles. The van der Waals surface area contributed by atoms with Crippen molar-refractivity contribution in [1.29, 1.82) is 0 Å². The van der Waals surface area contributed by atoms with E-state index < -0.39 is 0 Å². The molecule has 0 saturated heterocycles. The molecule has 0 aliphatic heterocycles. The number of carbonyl (C=O) groups excluding carboxylic acids is 2. The topological polar surface area (TPSA) is 62.6 Å². The van der Waals surface area contributed by atoms with Gasteiger partial charge in [-0.3, -0.25) is 9.59 Å². The van der Waals surface area contributed by atoms with Gasteiger partial charge >= 0.3 is 0 Å². The van der Waals surface area contributed by atoms with Gasteiger partial charge in [0.25, 0.3) is 5.91 Å². The molecule has 2 aromatic rings. The molecule has 5 nitrogen and oxygen atoms in total. The standard InChI is InChI=1S/C15H15ClN2O3/c1-18(10-11-5-4-8-21-11)14(19)9-17-15(20)12-6-2-3-7-13(12)16/h2-8H,9-10H2,1H3,(H,17,20). The number of hydrogen-bond acceptors (Lipinski definition) is 3. The van der Waals surface area contributed by atoms with Gasteiger partial charge in [0.1, 0.15) is 5.76 Å². The molecule has 1 aromatic carbocycles. The summed E-state index contributed by atoms with van der Waals surface area (Å²) in [6, 6.07) is 10.2. The van der Waals surface area contributed by atoms with Crippen LogP contribution in [0.1, 0.15) is 16.1 Å². The molecule has 110 valence electrons. The molecule has 2 rings (SSSR count). The Balaban J connectivity index is 1.86. The van der Waals surface area contributed by atoms with E-state index in [1.165, 1.54) is 4.90 Å². The van der Waals surface area contributed by atoms with E-state index in [9.17, 15) is 9.59 Å². The van der Waals surface area contributed by atoms with Crippen LogP contribution < -0.4 is 5.32 Å². The lowest BCUT2D eigenvalue weighted by atomic mass is 10.2. The minimum atomic E-state index is -0.375. The molecular weight excluding hydrogens is 292 g/mol. The van der Waals surface area contributed by atoms with Crippen molar-refractivity contribution in [3.05, 3.63) is 59.0 Å². The van der Waals surface area contributed by atoms with Crippen LogP contribution in [0.2, 0.25) is 5.02 Å². The van der Waals surface area contributed by atoms with Crippen molar-refractivity contribution in [1.82, 2.24) is 10.2 Å². The number of rotatable bonds is 5. The van der Waals surface area contributed by atoms with Gasteiger partial charge in [-0.2, -0.15) is 0 Å². The van der Waals surface area contributed by atoms with Crippen molar-refractivity contribution in [3.63, 3.8) is 0 Å². The number of benzene rings is 1. The number of carbonyl (C=O) groups is 2. The monoisotopic (exact) mass is 306 g/mol. The highest BCUT2D eigenvalue weighted by atomic mass is 35.5. The minimum absolute atomic E-state index is 0.0960. The zero-order valence-electron chi connectivity index (χ0n) is 11.5. The van der Waals surface area contributed by atoms with Crippen LogP contribution in [0.25, 0.3) is 0 Å². The maximum Gasteiger partial charge on any atom is 0.253 e. The molecule has 0 bridgehead atoms. The molecule has 2 amide bonds. The van der Waals surface area contributed by atoms with Crippen molar-refractivity contribution in [2.75, 3.05) is 13.6 Å². The molecule has 6 heteroatoms. The second-order valence-corrected chi connectivity index (χ2v) is 4.90. The summed E-state index contributed by atoms with van der Waals surface area (Å²) in [4.78, 5) is 25.3. The van der Waals surface area contributed by atoms with E-state index in [1.54, 1.807) is 49.7 Å². The number of halogens is 1. The Hall–Kier alpha value is -2.27. The summed E-state index contributed by atoms with van der Waals surface area (Å²) in [6.45, 7) is 0.259. The van der Waals surface area contributed by atoms with Gasteiger partial charge in [-0.05, 0) is 24.3 Å². The van der Waals surface area contributed by atoms with Gasteiger partial charge < -0.3 is 14.6 Å². The maximum atomic E-state index is 11.9. The molecular formula is C15H15ClN2O3. The fourth-order valence-electron chi connectivity index (χ4n) is 1.76. The smallest absolute Gasteiger partial charge is 0.253 e. The van der Waals surface area contributed by atoms with Crippen LogP contribution in [0.4, 0.5) is 0 Å². The lowest BCUT2D eigenvalue weighted by molar-refractivity contribution is -0.129. The van der Waals surface area contributed by atoms with Gasteiger partial charge in [0.15, 0.2) is 0 Å². The molecule has 0 aliphatic carbocycles. The Morgan fingerprint density at radius 2 is 2.00 bits per heavy atom. The van der Waals surface area contributed by atoms with Gasteiger partial charge in [-0.1, -0.05) is 23.7 Å². The van der Waals surface area contributed by atoms with E-state index in [-0.39, 0.29) is 18.4 Å². The van der Waals surface area contributed by atoms with Crippen molar-refractivity contribution in [2.24, 2.45) is 0 Å². The number of nitrogens with zero attached hydrogens (tertiary/aromatic N) is 1. The van der Waals surface area contributed by atoms with Crippen molar-refractivity contribution < 1.29 is 14.0 Å². The largest absolute Gasteiger partial charge is 0.467 e. The highest BCUT2D eigenvalue weighted by Gasteiger charge is 2.14. The Labute approximate surface area is 127 Å². The molecule has 0 atom stereocenters. The zero-order valence-corrected chi connectivity index (χ0v) is 12.3. The molecule has 1 heterocycles. The van der Waals surface area contributed by atoms with E-state index in [1.807, 2.05) is 0 Å². The normalized spacial score (nSPS) is 10.2. The third kappa shape index (κ3) is 4.10. The van der Waals surface area contributed by atoms with E-state index >= 15 is 0 Å². The third-order valence-corrected chi connectivity index (χ3v) is 3.25. The molecule has 0 fully saturated rings. The summed E-state index contributed by atoms with van der Waals surface area (Å²) >= 11 is 5.92. The minimum Gasteiger partial charge on any atom is -0.467 e. The first kappa shape index (κ1) is 15.1. The molecule has 0 spiro atoms. The highest BCUT2D eigenvalue weighted by molar-refractivity contribution is 6.33.